The zero-order chi connectivity index (χ0) is 7.61. The second kappa shape index (κ2) is 3.61. The first-order chi connectivity index (χ1) is 4.61. The van der Waals surface area contributed by atoms with Crippen LogP contribution in [0, 0.1) is 0 Å². The van der Waals surface area contributed by atoms with Crippen molar-refractivity contribution < 1.29 is 17.8 Å². The predicted octanol–water partition coefficient (Wildman–Crippen LogP) is 0.186. The Labute approximate surface area is 69.8 Å². The van der Waals surface area contributed by atoms with Crippen LogP contribution in [-0.4, -0.2) is 13.0 Å². The Balaban J connectivity index is 0.000001000. The van der Waals surface area contributed by atoms with E-state index in [0.29, 0.717) is 0 Å². The molecule has 0 amide bonds. The number of halogens is 1. The Hall–Kier alpha value is -0.720. The topological polar surface area (TPSA) is 75.6 Å². The van der Waals surface area contributed by atoms with Crippen molar-refractivity contribution in [2.45, 2.75) is 0 Å². The van der Waals surface area contributed by atoms with Gasteiger partial charge in [-0.3, -0.25) is 4.55 Å². The molecule has 11 heavy (non-hydrogen) atoms. The molecule has 0 aromatic heterocycles. The number of nitrogens with one attached hydrogen (secondary N) is 1. The van der Waals surface area contributed by atoms with Gasteiger partial charge in [0.1, 0.15) is 0 Å². The fourth-order valence-corrected chi connectivity index (χ4v) is 0.835. The first kappa shape index (κ1) is 10.3. The lowest BCUT2D eigenvalue weighted by molar-refractivity contribution is 0.154. The summed E-state index contributed by atoms with van der Waals surface area (Å²) in [4.78, 5) is 4.33. The van der Waals surface area contributed by atoms with Crippen molar-refractivity contribution in [1.29, 1.82) is 0 Å². The molecule has 7 heteroatoms. The first-order valence-electron chi connectivity index (χ1n) is 2.37. The van der Waals surface area contributed by atoms with Gasteiger partial charge in [0.15, 0.2) is 0 Å². The molecule has 0 atom stereocenters. The van der Waals surface area contributed by atoms with E-state index in [-0.39, 0.29) is 12.4 Å². The molecule has 0 spiro atoms. The van der Waals surface area contributed by atoms with Crippen molar-refractivity contribution in [3.05, 3.63) is 23.4 Å². The van der Waals surface area contributed by atoms with Crippen molar-refractivity contribution in [1.82, 2.24) is 5.48 Å². The molecule has 1 heterocycles. The largest absolute Gasteiger partial charge is 0.368 e. The van der Waals surface area contributed by atoms with Gasteiger partial charge < -0.3 is 4.84 Å². The van der Waals surface area contributed by atoms with E-state index in [1.54, 1.807) is 0 Å². The summed E-state index contributed by atoms with van der Waals surface area (Å²) < 4.78 is 28.9. The average Bonchev–Trinajstić information content (AvgIpc) is 1.88. The number of hydroxylamine groups is 1. The van der Waals surface area contributed by atoms with Crippen LogP contribution in [0.1, 0.15) is 0 Å². The van der Waals surface area contributed by atoms with Crippen LogP contribution >= 0.6 is 12.4 Å². The molecule has 0 unspecified atom stereocenters. The van der Waals surface area contributed by atoms with E-state index in [4.69, 9.17) is 4.55 Å². The molecule has 0 fully saturated rings. The molecule has 0 saturated carbocycles. The van der Waals surface area contributed by atoms with Gasteiger partial charge >= 0.3 is 10.1 Å². The number of hydrogen-bond acceptors (Lipinski definition) is 4. The van der Waals surface area contributed by atoms with Gasteiger partial charge in [-0.15, -0.1) is 12.4 Å². The third-order valence-corrected chi connectivity index (χ3v) is 1.54. The molecule has 2 N–H and O–H groups in total. The molecule has 0 bridgehead atoms. The molecule has 1 rings (SSSR count). The summed E-state index contributed by atoms with van der Waals surface area (Å²) in [5, 5.41) is -0.505. The fraction of sp³-hybridized carbons (Fsp3) is 0. The van der Waals surface area contributed by atoms with Crippen LogP contribution in [0.15, 0.2) is 23.4 Å². The Morgan fingerprint density at radius 1 is 1.55 bits per heavy atom. The summed E-state index contributed by atoms with van der Waals surface area (Å²) in [5.74, 6) is 0. The summed E-state index contributed by atoms with van der Waals surface area (Å²) in [6, 6.07) is 0. The lowest BCUT2D eigenvalue weighted by atomic mass is 10.6. The summed E-state index contributed by atoms with van der Waals surface area (Å²) in [7, 11) is -4.20. The lowest BCUT2D eigenvalue weighted by Crippen LogP contribution is -2.15. The van der Waals surface area contributed by atoms with Gasteiger partial charge in [0.25, 0.3) is 5.09 Å². The summed E-state index contributed by atoms with van der Waals surface area (Å²) in [6.45, 7) is 0. The Bertz CT molecular complexity index is 280. The minimum atomic E-state index is -4.20. The Kier molecular flexibility index (Phi) is 3.37. The molecule has 0 radical (unpaired) electrons. The van der Waals surface area contributed by atoms with Gasteiger partial charge in [-0.05, 0) is 12.2 Å². The van der Waals surface area contributed by atoms with Gasteiger partial charge in [-0.25, -0.2) is 5.48 Å². The minimum Gasteiger partial charge on any atom is -0.368 e. The molecule has 1 aliphatic heterocycles. The molecular weight excluding hydrogens is 194 g/mol. The van der Waals surface area contributed by atoms with E-state index >= 15 is 0 Å². The summed E-state index contributed by atoms with van der Waals surface area (Å²) >= 11 is 0. The predicted molar refractivity (Wildman–Crippen MR) is 40.2 cm³/mol. The first-order valence-corrected chi connectivity index (χ1v) is 3.81. The summed E-state index contributed by atoms with van der Waals surface area (Å²) in [6.07, 6.45) is 3.91. The van der Waals surface area contributed by atoms with Crippen LogP contribution in [0.5, 0.6) is 0 Å². The minimum absolute atomic E-state index is 0. The monoisotopic (exact) mass is 199 g/mol. The van der Waals surface area contributed by atoms with Crippen molar-refractivity contribution in [3.8, 4) is 0 Å². The van der Waals surface area contributed by atoms with Crippen LogP contribution in [0.4, 0.5) is 0 Å². The summed E-state index contributed by atoms with van der Waals surface area (Å²) in [5.41, 5.74) is 2.15. The van der Waals surface area contributed by atoms with Crippen LogP contribution in [-0.2, 0) is 15.0 Å². The van der Waals surface area contributed by atoms with E-state index in [1.165, 1.54) is 12.3 Å². The highest BCUT2D eigenvalue weighted by Gasteiger charge is 2.15. The maximum atomic E-state index is 10.3. The lowest BCUT2D eigenvalue weighted by Gasteiger charge is -2.07. The molecule has 0 saturated heterocycles. The van der Waals surface area contributed by atoms with Crippen LogP contribution < -0.4 is 5.48 Å². The normalized spacial score (nSPS) is 15.5. The molecule has 1 aliphatic rings. The van der Waals surface area contributed by atoms with E-state index in [9.17, 15) is 8.42 Å². The average molecular weight is 200 g/mol. The van der Waals surface area contributed by atoms with Crippen LogP contribution in [0.25, 0.3) is 0 Å². The van der Waals surface area contributed by atoms with Crippen molar-refractivity contribution in [2.24, 2.45) is 0 Å². The molecule has 5 nitrogen and oxygen atoms in total. The van der Waals surface area contributed by atoms with Crippen LogP contribution in [0.3, 0.4) is 0 Å². The van der Waals surface area contributed by atoms with E-state index < -0.39 is 15.2 Å². The Morgan fingerprint density at radius 2 is 2.18 bits per heavy atom. The molecule has 64 valence electrons. The van der Waals surface area contributed by atoms with Crippen molar-refractivity contribution in [2.75, 3.05) is 0 Å². The maximum absolute atomic E-state index is 10.3. The molecule has 0 aromatic carbocycles. The fourth-order valence-electron chi connectivity index (χ4n) is 0.431. The van der Waals surface area contributed by atoms with Gasteiger partial charge in [0.05, 0.1) is 0 Å². The Morgan fingerprint density at radius 3 is 2.45 bits per heavy atom. The van der Waals surface area contributed by atoms with Gasteiger partial charge in [0, 0.05) is 6.20 Å². The van der Waals surface area contributed by atoms with E-state index in [2.05, 4.69) is 10.3 Å². The molecular formula is C4H6ClNO4S. The highest BCUT2D eigenvalue weighted by atomic mass is 35.5. The van der Waals surface area contributed by atoms with Crippen LogP contribution in [0.2, 0.25) is 0 Å². The molecule has 0 aliphatic carbocycles. The van der Waals surface area contributed by atoms with Gasteiger partial charge in [-0.1, -0.05) is 0 Å². The van der Waals surface area contributed by atoms with Gasteiger partial charge in [0.2, 0.25) is 0 Å². The van der Waals surface area contributed by atoms with Gasteiger partial charge in [-0.2, -0.15) is 8.42 Å². The smallest absolute Gasteiger partial charge is 0.330 e. The number of rotatable bonds is 1. The second-order valence-corrected chi connectivity index (χ2v) is 2.89. The third-order valence-electron chi connectivity index (χ3n) is 0.810. The quantitative estimate of drug-likeness (QED) is 0.590. The second-order valence-electron chi connectivity index (χ2n) is 1.54. The van der Waals surface area contributed by atoms with E-state index in [0.717, 1.165) is 6.08 Å². The molecule has 0 aromatic rings. The SMILES string of the molecule is Cl.O=S(=O)(O)C1=CC=CNO1. The highest BCUT2D eigenvalue weighted by molar-refractivity contribution is 7.89. The van der Waals surface area contributed by atoms with Crippen molar-refractivity contribution in [3.63, 3.8) is 0 Å². The zero-order valence-electron chi connectivity index (χ0n) is 5.22. The number of hydrogen-bond donors (Lipinski definition) is 2. The maximum Gasteiger partial charge on any atom is 0.330 e. The highest BCUT2D eigenvalue weighted by Crippen LogP contribution is 2.06. The van der Waals surface area contributed by atoms with E-state index in [1.807, 2.05) is 0 Å². The zero-order valence-corrected chi connectivity index (χ0v) is 6.85. The van der Waals surface area contributed by atoms with Crippen molar-refractivity contribution >= 4 is 22.5 Å². The standard InChI is InChI=1S/C4H5NO4S.ClH/c6-10(7,8)4-2-1-3-5-9-4;/h1-3,5H,(H,6,7,8);1H. The number of allylic oxidation sites excluding steroid dienone is 2. The third kappa shape index (κ3) is 2.79.